The molecule has 2 aliphatic rings. The van der Waals surface area contributed by atoms with Gasteiger partial charge in [0.1, 0.15) is 18.1 Å². The van der Waals surface area contributed by atoms with Crippen LogP contribution in [0.15, 0.2) is 45.3 Å². The average molecular weight is 422 g/mol. The van der Waals surface area contributed by atoms with Gasteiger partial charge in [-0.25, -0.2) is 0 Å². The Kier molecular flexibility index (Phi) is 5.02. The Morgan fingerprint density at radius 1 is 1.15 bits per heavy atom. The normalized spacial score (nSPS) is 19.0. The summed E-state index contributed by atoms with van der Waals surface area (Å²) in [6, 6.07) is 11.1. The minimum atomic E-state index is -0.483. The lowest BCUT2D eigenvalue weighted by Crippen LogP contribution is -2.47. The third-order valence-corrected chi connectivity index (χ3v) is 5.17. The molecule has 0 saturated carbocycles. The minimum absolute atomic E-state index is 0.105. The second-order valence-corrected chi connectivity index (χ2v) is 7.33. The van der Waals surface area contributed by atoms with Crippen LogP contribution in [0.3, 0.4) is 0 Å². The predicted molar refractivity (Wildman–Crippen MR) is 97.0 cm³/mol. The van der Waals surface area contributed by atoms with E-state index < -0.39 is 5.79 Å². The summed E-state index contributed by atoms with van der Waals surface area (Å²) in [4.78, 5) is 14.4. The summed E-state index contributed by atoms with van der Waals surface area (Å²) >= 11 is 3.41. The SMILES string of the molecule is O=C(c1ccc(COc2cccc(Br)c2)o1)N1CCC2(CC1)OCCO2. The van der Waals surface area contributed by atoms with E-state index in [-0.39, 0.29) is 12.5 Å². The van der Waals surface area contributed by atoms with Crippen LogP contribution in [0.5, 0.6) is 5.75 Å². The van der Waals surface area contributed by atoms with Gasteiger partial charge < -0.3 is 23.5 Å². The first-order chi connectivity index (χ1) is 12.6. The molecule has 7 heteroatoms. The largest absolute Gasteiger partial charge is 0.486 e. The van der Waals surface area contributed by atoms with Crippen LogP contribution in [0, 0.1) is 0 Å². The number of benzene rings is 1. The number of likely N-dealkylation sites (tertiary alicyclic amines) is 1. The van der Waals surface area contributed by atoms with E-state index in [9.17, 15) is 4.79 Å². The van der Waals surface area contributed by atoms with Gasteiger partial charge in [-0.15, -0.1) is 0 Å². The summed E-state index contributed by atoms with van der Waals surface area (Å²) < 4.78 is 23.7. The number of halogens is 1. The first-order valence-electron chi connectivity index (χ1n) is 8.68. The third kappa shape index (κ3) is 3.79. The number of carbonyl (C=O) groups is 1. The van der Waals surface area contributed by atoms with Crippen LogP contribution in [0.1, 0.15) is 29.2 Å². The van der Waals surface area contributed by atoms with Gasteiger partial charge in [-0.2, -0.15) is 0 Å². The van der Waals surface area contributed by atoms with Crippen molar-refractivity contribution in [1.29, 1.82) is 0 Å². The highest BCUT2D eigenvalue weighted by Gasteiger charge is 2.41. The van der Waals surface area contributed by atoms with E-state index in [4.69, 9.17) is 18.6 Å². The van der Waals surface area contributed by atoms with E-state index in [1.807, 2.05) is 24.3 Å². The molecule has 1 spiro atoms. The van der Waals surface area contributed by atoms with Crippen molar-refractivity contribution in [1.82, 2.24) is 4.90 Å². The standard InChI is InChI=1S/C19H20BrNO5/c20-14-2-1-3-15(12-14)23-13-16-4-5-17(26-16)18(22)21-8-6-19(7-9-21)24-10-11-25-19/h1-5,12H,6-11,13H2. The zero-order valence-corrected chi connectivity index (χ0v) is 15.9. The number of piperidine rings is 1. The zero-order chi connectivity index (χ0) is 18.0. The van der Waals surface area contributed by atoms with Crippen molar-refractivity contribution >= 4 is 21.8 Å². The van der Waals surface area contributed by atoms with E-state index in [0.717, 1.165) is 10.2 Å². The van der Waals surface area contributed by atoms with E-state index in [1.165, 1.54) is 0 Å². The van der Waals surface area contributed by atoms with Crippen molar-refractivity contribution in [3.63, 3.8) is 0 Å². The van der Waals surface area contributed by atoms with E-state index in [2.05, 4.69) is 15.9 Å². The molecule has 26 heavy (non-hydrogen) atoms. The van der Waals surface area contributed by atoms with Gasteiger partial charge in [-0.1, -0.05) is 22.0 Å². The van der Waals surface area contributed by atoms with Gasteiger partial charge in [0.25, 0.3) is 5.91 Å². The molecule has 4 rings (SSSR count). The van der Waals surface area contributed by atoms with Crippen LogP contribution in [-0.4, -0.2) is 42.9 Å². The highest BCUT2D eigenvalue weighted by atomic mass is 79.9. The summed E-state index contributed by atoms with van der Waals surface area (Å²) in [6.07, 6.45) is 1.39. The summed E-state index contributed by atoms with van der Waals surface area (Å²) in [5.41, 5.74) is 0. The lowest BCUT2D eigenvalue weighted by molar-refractivity contribution is -0.181. The smallest absolute Gasteiger partial charge is 0.289 e. The maximum absolute atomic E-state index is 12.6. The average Bonchev–Trinajstić information content (AvgIpc) is 3.30. The minimum Gasteiger partial charge on any atom is -0.486 e. The lowest BCUT2D eigenvalue weighted by atomic mass is 10.0. The molecule has 2 saturated heterocycles. The highest BCUT2D eigenvalue weighted by molar-refractivity contribution is 9.10. The molecule has 2 aliphatic heterocycles. The number of ether oxygens (including phenoxy) is 3. The fourth-order valence-corrected chi connectivity index (χ4v) is 3.65. The molecule has 3 heterocycles. The number of hydrogen-bond donors (Lipinski definition) is 0. The molecule has 0 unspecified atom stereocenters. The lowest BCUT2D eigenvalue weighted by Gasteiger charge is -2.37. The summed E-state index contributed by atoms with van der Waals surface area (Å²) in [6.45, 7) is 2.74. The van der Waals surface area contributed by atoms with Crippen LogP contribution >= 0.6 is 15.9 Å². The molecule has 1 aromatic heterocycles. The Hall–Kier alpha value is -1.83. The van der Waals surface area contributed by atoms with Crippen LogP contribution in [0.25, 0.3) is 0 Å². The third-order valence-electron chi connectivity index (χ3n) is 4.68. The van der Waals surface area contributed by atoms with Crippen molar-refractivity contribution < 1.29 is 23.4 Å². The van der Waals surface area contributed by atoms with Gasteiger partial charge in [0, 0.05) is 30.4 Å². The Bertz CT molecular complexity index is 774. The van der Waals surface area contributed by atoms with Crippen LogP contribution in [0.4, 0.5) is 0 Å². The summed E-state index contributed by atoms with van der Waals surface area (Å²) in [5, 5.41) is 0. The first kappa shape index (κ1) is 17.6. The molecule has 0 radical (unpaired) electrons. The zero-order valence-electron chi connectivity index (χ0n) is 14.3. The number of carbonyl (C=O) groups excluding carboxylic acids is 1. The molecule has 1 amide bonds. The fourth-order valence-electron chi connectivity index (χ4n) is 3.27. The van der Waals surface area contributed by atoms with Gasteiger partial charge >= 0.3 is 0 Å². The second kappa shape index (κ2) is 7.42. The molecule has 2 fully saturated rings. The maximum Gasteiger partial charge on any atom is 0.289 e. The molecule has 2 aromatic rings. The molecular formula is C19H20BrNO5. The molecule has 0 bridgehead atoms. The Morgan fingerprint density at radius 3 is 2.65 bits per heavy atom. The molecule has 1 aromatic carbocycles. The quantitative estimate of drug-likeness (QED) is 0.754. The number of nitrogens with zero attached hydrogens (tertiary/aromatic N) is 1. The highest BCUT2D eigenvalue weighted by Crippen LogP contribution is 2.31. The molecular weight excluding hydrogens is 402 g/mol. The van der Waals surface area contributed by atoms with Crippen LogP contribution in [-0.2, 0) is 16.1 Å². The molecule has 0 atom stereocenters. The van der Waals surface area contributed by atoms with Crippen LogP contribution in [0.2, 0.25) is 0 Å². The van der Waals surface area contributed by atoms with Gasteiger partial charge in [0.05, 0.1) is 13.2 Å². The Balaban J connectivity index is 1.33. The van der Waals surface area contributed by atoms with E-state index in [0.29, 0.717) is 50.7 Å². The van der Waals surface area contributed by atoms with Crippen molar-refractivity contribution in [3.05, 3.63) is 52.4 Å². The molecule has 0 N–H and O–H groups in total. The number of amides is 1. The predicted octanol–water partition coefficient (Wildman–Crippen LogP) is 3.60. The van der Waals surface area contributed by atoms with Crippen molar-refractivity contribution in [2.24, 2.45) is 0 Å². The number of furan rings is 1. The van der Waals surface area contributed by atoms with Gasteiger partial charge in [-0.3, -0.25) is 4.79 Å². The molecule has 0 aliphatic carbocycles. The van der Waals surface area contributed by atoms with Crippen molar-refractivity contribution in [3.8, 4) is 5.75 Å². The second-order valence-electron chi connectivity index (χ2n) is 6.41. The number of rotatable bonds is 4. The maximum atomic E-state index is 12.6. The molecule has 6 nitrogen and oxygen atoms in total. The Labute approximate surface area is 160 Å². The van der Waals surface area contributed by atoms with E-state index >= 15 is 0 Å². The van der Waals surface area contributed by atoms with Gasteiger partial charge in [0.2, 0.25) is 0 Å². The van der Waals surface area contributed by atoms with Gasteiger partial charge in [0.15, 0.2) is 11.5 Å². The van der Waals surface area contributed by atoms with E-state index in [1.54, 1.807) is 17.0 Å². The van der Waals surface area contributed by atoms with Crippen molar-refractivity contribution in [2.75, 3.05) is 26.3 Å². The monoisotopic (exact) mass is 421 g/mol. The summed E-state index contributed by atoms with van der Waals surface area (Å²) in [7, 11) is 0. The molecule has 138 valence electrons. The van der Waals surface area contributed by atoms with Gasteiger partial charge in [-0.05, 0) is 30.3 Å². The van der Waals surface area contributed by atoms with Crippen LogP contribution < -0.4 is 4.74 Å². The first-order valence-corrected chi connectivity index (χ1v) is 9.47. The number of hydrogen-bond acceptors (Lipinski definition) is 5. The van der Waals surface area contributed by atoms with Crippen molar-refractivity contribution in [2.45, 2.75) is 25.2 Å². The fraction of sp³-hybridized carbons (Fsp3) is 0.421. The topological polar surface area (TPSA) is 61.1 Å². The summed E-state index contributed by atoms with van der Waals surface area (Å²) in [5.74, 6) is 1.10. The Morgan fingerprint density at radius 2 is 1.92 bits per heavy atom.